The molecule has 1 saturated carbocycles. The molecule has 2 aromatic rings. The van der Waals surface area contributed by atoms with Gasteiger partial charge in [0.2, 0.25) is 5.89 Å². The van der Waals surface area contributed by atoms with E-state index in [9.17, 15) is 0 Å². The molecule has 3 rings (SSSR count). The molecule has 15 heavy (non-hydrogen) atoms. The molecule has 0 radical (unpaired) electrons. The van der Waals surface area contributed by atoms with E-state index in [2.05, 4.69) is 22.2 Å². The summed E-state index contributed by atoms with van der Waals surface area (Å²) in [4.78, 5) is 4.34. The molecular weight excluding hydrogens is 194 g/mol. The number of nitrogens with zero attached hydrogens (tertiary/aromatic N) is 3. The topological polar surface area (TPSA) is 65.0 Å². The molecule has 0 spiro atoms. The predicted molar refractivity (Wildman–Crippen MR) is 50.1 cm³/mol. The molecule has 2 aromatic heterocycles. The fourth-order valence-corrected chi connectivity index (χ4v) is 1.65. The van der Waals surface area contributed by atoms with E-state index < -0.39 is 0 Å². The van der Waals surface area contributed by atoms with Crippen LogP contribution < -0.4 is 0 Å². The van der Waals surface area contributed by atoms with Gasteiger partial charge in [-0.05, 0) is 12.3 Å². The summed E-state index contributed by atoms with van der Waals surface area (Å²) in [7, 11) is 0. The lowest BCUT2D eigenvalue weighted by Crippen LogP contribution is -1.91. The van der Waals surface area contributed by atoms with Crippen molar-refractivity contribution in [2.45, 2.75) is 25.7 Å². The van der Waals surface area contributed by atoms with Crippen molar-refractivity contribution in [3.8, 4) is 0 Å². The second kappa shape index (κ2) is 3.18. The van der Waals surface area contributed by atoms with E-state index in [0.717, 1.165) is 18.0 Å². The van der Waals surface area contributed by atoms with Crippen LogP contribution in [0.4, 0.5) is 0 Å². The van der Waals surface area contributed by atoms with Crippen molar-refractivity contribution in [1.82, 2.24) is 15.3 Å². The van der Waals surface area contributed by atoms with Crippen molar-refractivity contribution >= 4 is 0 Å². The van der Waals surface area contributed by atoms with Crippen molar-refractivity contribution in [3.05, 3.63) is 29.7 Å². The molecule has 0 unspecified atom stereocenters. The van der Waals surface area contributed by atoms with Crippen molar-refractivity contribution in [2.75, 3.05) is 0 Å². The molecule has 0 saturated heterocycles. The molecule has 78 valence electrons. The molecule has 0 amide bonds. The molecule has 1 fully saturated rings. The summed E-state index contributed by atoms with van der Waals surface area (Å²) in [6, 6.07) is 1.80. The lowest BCUT2D eigenvalue weighted by atomic mass is 10.3. The number of hydrogen-bond acceptors (Lipinski definition) is 5. The van der Waals surface area contributed by atoms with Crippen LogP contribution in [0.15, 0.2) is 21.4 Å². The molecule has 1 aliphatic rings. The van der Waals surface area contributed by atoms with Gasteiger partial charge in [0, 0.05) is 12.0 Å². The van der Waals surface area contributed by atoms with Gasteiger partial charge in [-0.15, -0.1) is 0 Å². The molecule has 0 aliphatic heterocycles. The van der Waals surface area contributed by atoms with Crippen molar-refractivity contribution in [3.63, 3.8) is 0 Å². The van der Waals surface area contributed by atoms with Crippen LogP contribution in [0.25, 0.3) is 0 Å². The molecule has 0 aromatic carbocycles. The van der Waals surface area contributed by atoms with Crippen LogP contribution >= 0.6 is 0 Å². The summed E-state index contributed by atoms with van der Waals surface area (Å²) >= 11 is 0. The van der Waals surface area contributed by atoms with Gasteiger partial charge in [-0.1, -0.05) is 17.2 Å². The number of aromatic nitrogens is 3. The first-order valence-corrected chi connectivity index (χ1v) is 5.04. The average molecular weight is 205 g/mol. The maximum atomic E-state index is 5.19. The molecule has 0 N–H and O–H groups in total. The maximum absolute atomic E-state index is 5.19. The standard InChI is InChI=1S/C10H11N3O2/c1-6-4-8(6)10-11-9(13-15-10)5-7-2-3-14-12-7/h2-3,6,8H,4-5H2,1H3/t6-,8+/m0/s1. The van der Waals surface area contributed by atoms with Crippen LogP contribution in [-0.2, 0) is 6.42 Å². The fourth-order valence-electron chi connectivity index (χ4n) is 1.65. The van der Waals surface area contributed by atoms with Gasteiger partial charge in [-0.25, -0.2) is 0 Å². The van der Waals surface area contributed by atoms with Crippen LogP contribution in [0.3, 0.4) is 0 Å². The second-order valence-electron chi connectivity index (χ2n) is 4.04. The Balaban J connectivity index is 1.74. The van der Waals surface area contributed by atoms with Crippen LogP contribution in [0.5, 0.6) is 0 Å². The highest BCUT2D eigenvalue weighted by molar-refractivity contribution is 5.09. The number of hydrogen-bond donors (Lipinski definition) is 0. The Morgan fingerprint density at radius 2 is 2.33 bits per heavy atom. The van der Waals surface area contributed by atoms with Crippen LogP contribution in [0.2, 0.25) is 0 Å². The fraction of sp³-hybridized carbons (Fsp3) is 0.500. The average Bonchev–Trinajstić information content (AvgIpc) is 2.74. The highest BCUT2D eigenvalue weighted by Gasteiger charge is 2.38. The minimum Gasteiger partial charge on any atom is -0.364 e. The first-order chi connectivity index (χ1) is 7.33. The zero-order valence-electron chi connectivity index (χ0n) is 8.38. The van der Waals surface area contributed by atoms with E-state index >= 15 is 0 Å². The minimum atomic E-state index is 0.476. The molecule has 2 heterocycles. The van der Waals surface area contributed by atoms with E-state index in [1.54, 1.807) is 12.3 Å². The van der Waals surface area contributed by atoms with Crippen molar-refractivity contribution < 1.29 is 9.05 Å². The van der Waals surface area contributed by atoms with Crippen molar-refractivity contribution in [2.24, 2.45) is 5.92 Å². The van der Waals surface area contributed by atoms with Crippen LogP contribution in [-0.4, -0.2) is 15.3 Å². The zero-order valence-corrected chi connectivity index (χ0v) is 8.38. The van der Waals surface area contributed by atoms with Gasteiger partial charge < -0.3 is 9.05 Å². The van der Waals surface area contributed by atoms with Gasteiger partial charge in [0.15, 0.2) is 5.82 Å². The molecule has 5 heteroatoms. The summed E-state index contributed by atoms with van der Waals surface area (Å²) in [5.74, 6) is 2.60. The molecular formula is C10H11N3O2. The molecule has 2 atom stereocenters. The van der Waals surface area contributed by atoms with Gasteiger partial charge in [0.25, 0.3) is 0 Å². The zero-order chi connectivity index (χ0) is 10.3. The smallest absolute Gasteiger partial charge is 0.230 e. The Bertz CT molecular complexity index is 449. The summed E-state index contributed by atoms with van der Waals surface area (Å²) in [6.07, 6.45) is 3.27. The Labute approximate surface area is 86.5 Å². The summed E-state index contributed by atoms with van der Waals surface area (Å²) in [5.41, 5.74) is 0.825. The van der Waals surface area contributed by atoms with Gasteiger partial charge in [-0.2, -0.15) is 4.98 Å². The van der Waals surface area contributed by atoms with Gasteiger partial charge in [-0.3, -0.25) is 0 Å². The molecule has 5 nitrogen and oxygen atoms in total. The van der Waals surface area contributed by atoms with Gasteiger partial charge >= 0.3 is 0 Å². The molecule has 0 bridgehead atoms. The van der Waals surface area contributed by atoms with Crippen molar-refractivity contribution in [1.29, 1.82) is 0 Å². The van der Waals surface area contributed by atoms with E-state index in [4.69, 9.17) is 9.05 Å². The Hall–Kier alpha value is -1.65. The lowest BCUT2D eigenvalue weighted by Gasteiger charge is -1.85. The monoisotopic (exact) mass is 205 g/mol. The van der Waals surface area contributed by atoms with Gasteiger partial charge in [0.1, 0.15) is 6.26 Å². The Morgan fingerprint density at radius 1 is 1.47 bits per heavy atom. The van der Waals surface area contributed by atoms with E-state index in [1.165, 1.54) is 0 Å². The third-order valence-corrected chi connectivity index (χ3v) is 2.74. The third-order valence-electron chi connectivity index (χ3n) is 2.74. The number of rotatable bonds is 3. The Morgan fingerprint density at radius 3 is 3.00 bits per heavy atom. The summed E-state index contributed by atoms with van der Waals surface area (Å²) in [6.45, 7) is 2.19. The first kappa shape index (κ1) is 8.64. The maximum Gasteiger partial charge on any atom is 0.230 e. The second-order valence-corrected chi connectivity index (χ2v) is 4.04. The summed E-state index contributed by atoms with van der Waals surface area (Å²) < 4.78 is 9.92. The van der Waals surface area contributed by atoms with E-state index in [-0.39, 0.29) is 0 Å². The Kier molecular flexibility index (Phi) is 1.83. The van der Waals surface area contributed by atoms with E-state index in [1.807, 2.05) is 0 Å². The largest absolute Gasteiger partial charge is 0.364 e. The van der Waals surface area contributed by atoms with E-state index in [0.29, 0.717) is 24.1 Å². The van der Waals surface area contributed by atoms with Gasteiger partial charge in [0.05, 0.1) is 12.1 Å². The first-order valence-electron chi connectivity index (χ1n) is 5.04. The third kappa shape index (κ3) is 1.65. The van der Waals surface area contributed by atoms with Crippen LogP contribution in [0.1, 0.15) is 36.7 Å². The normalized spacial score (nSPS) is 24.3. The predicted octanol–water partition coefficient (Wildman–Crippen LogP) is 1.77. The minimum absolute atomic E-state index is 0.476. The molecule has 1 aliphatic carbocycles. The highest BCUT2D eigenvalue weighted by Crippen LogP contribution is 2.45. The summed E-state index contributed by atoms with van der Waals surface area (Å²) in [5, 5.41) is 7.72. The SMILES string of the molecule is C[C@H]1C[C@H]1c1nc(Cc2ccon2)no1. The highest BCUT2D eigenvalue weighted by atomic mass is 16.5. The van der Waals surface area contributed by atoms with Crippen LogP contribution in [0, 0.1) is 5.92 Å². The lowest BCUT2D eigenvalue weighted by molar-refractivity contribution is 0.371. The quantitative estimate of drug-likeness (QED) is 0.764.